The van der Waals surface area contributed by atoms with E-state index in [-0.39, 0.29) is 11.9 Å². The maximum absolute atomic E-state index is 12.1. The van der Waals surface area contributed by atoms with Crippen LogP contribution in [0.4, 0.5) is 5.69 Å². The lowest BCUT2D eigenvalue weighted by molar-refractivity contribution is 0.0940. The van der Waals surface area contributed by atoms with Crippen molar-refractivity contribution in [2.45, 2.75) is 19.9 Å². The van der Waals surface area contributed by atoms with E-state index in [2.05, 4.69) is 5.32 Å². The van der Waals surface area contributed by atoms with E-state index in [0.717, 1.165) is 16.8 Å². The lowest BCUT2D eigenvalue weighted by Crippen LogP contribution is -2.26. The van der Waals surface area contributed by atoms with Crippen molar-refractivity contribution >= 4 is 11.6 Å². The fourth-order valence-electron chi connectivity index (χ4n) is 1.93. The van der Waals surface area contributed by atoms with Gasteiger partial charge in [-0.05, 0) is 43.7 Å². The minimum Gasteiger partial charge on any atom is -0.399 e. The Labute approximate surface area is 113 Å². The summed E-state index contributed by atoms with van der Waals surface area (Å²) in [7, 11) is 0. The molecule has 0 aromatic heterocycles. The van der Waals surface area contributed by atoms with Crippen LogP contribution in [0.15, 0.2) is 48.5 Å². The summed E-state index contributed by atoms with van der Waals surface area (Å²) in [4.78, 5) is 12.1. The molecule has 0 radical (unpaired) electrons. The average Bonchev–Trinajstić information content (AvgIpc) is 2.39. The molecule has 0 saturated heterocycles. The summed E-state index contributed by atoms with van der Waals surface area (Å²) < 4.78 is 0. The van der Waals surface area contributed by atoms with E-state index >= 15 is 0 Å². The Bertz CT molecular complexity index is 576. The van der Waals surface area contributed by atoms with E-state index in [1.165, 1.54) is 0 Å². The van der Waals surface area contributed by atoms with Crippen molar-refractivity contribution in [2.24, 2.45) is 0 Å². The Kier molecular flexibility index (Phi) is 3.85. The summed E-state index contributed by atoms with van der Waals surface area (Å²) in [6.07, 6.45) is 0. The zero-order valence-electron chi connectivity index (χ0n) is 11.2. The van der Waals surface area contributed by atoms with Gasteiger partial charge in [-0.3, -0.25) is 4.79 Å². The number of benzene rings is 2. The Morgan fingerprint density at radius 1 is 1.16 bits per heavy atom. The molecule has 3 N–H and O–H groups in total. The van der Waals surface area contributed by atoms with Crippen LogP contribution in [0, 0.1) is 6.92 Å². The highest BCUT2D eigenvalue weighted by Crippen LogP contribution is 2.15. The molecule has 1 amide bonds. The van der Waals surface area contributed by atoms with Gasteiger partial charge >= 0.3 is 0 Å². The number of aryl methyl sites for hydroxylation is 1. The van der Waals surface area contributed by atoms with Crippen molar-refractivity contribution in [2.75, 3.05) is 5.73 Å². The smallest absolute Gasteiger partial charge is 0.251 e. The van der Waals surface area contributed by atoms with Crippen LogP contribution in [-0.2, 0) is 0 Å². The molecule has 1 atom stereocenters. The Morgan fingerprint density at radius 2 is 1.84 bits per heavy atom. The van der Waals surface area contributed by atoms with Crippen LogP contribution < -0.4 is 11.1 Å². The molecule has 2 aromatic rings. The quantitative estimate of drug-likeness (QED) is 0.827. The maximum Gasteiger partial charge on any atom is 0.251 e. The third-order valence-corrected chi connectivity index (χ3v) is 3.06. The third kappa shape index (κ3) is 3.35. The molecule has 0 fully saturated rings. The van der Waals surface area contributed by atoms with Crippen molar-refractivity contribution in [3.8, 4) is 0 Å². The van der Waals surface area contributed by atoms with Crippen LogP contribution in [0.5, 0.6) is 0 Å². The molecule has 2 aromatic carbocycles. The standard InChI is InChI=1S/C16H18N2O/c1-11-4-3-5-14(10-11)16(19)18-12(2)13-6-8-15(17)9-7-13/h3-10,12H,17H2,1-2H3,(H,18,19). The largest absolute Gasteiger partial charge is 0.399 e. The van der Waals surface area contributed by atoms with Gasteiger partial charge < -0.3 is 11.1 Å². The second-order valence-electron chi connectivity index (χ2n) is 4.73. The number of carbonyl (C=O) groups excluding carboxylic acids is 1. The maximum atomic E-state index is 12.1. The summed E-state index contributed by atoms with van der Waals surface area (Å²) in [5.41, 5.74) is 9.17. The SMILES string of the molecule is Cc1cccc(C(=O)NC(C)c2ccc(N)cc2)c1. The first kappa shape index (κ1) is 13.1. The van der Waals surface area contributed by atoms with E-state index < -0.39 is 0 Å². The molecule has 1 unspecified atom stereocenters. The fraction of sp³-hybridized carbons (Fsp3) is 0.188. The summed E-state index contributed by atoms with van der Waals surface area (Å²) in [6, 6.07) is 15.0. The van der Waals surface area contributed by atoms with Crippen LogP contribution in [0.2, 0.25) is 0 Å². The van der Waals surface area contributed by atoms with Crippen LogP contribution in [0.25, 0.3) is 0 Å². The second kappa shape index (κ2) is 5.57. The van der Waals surface area contributed by atoms with Crippen molar-refractivity contribution in [1.82, 2.24) is 5.32 Å². The minimum absolute atomic E-state index is 0.0476. The Balaban J connectivity index is 2.08. The topological polar surface area (TPSA) is 55.1 Å². The fourth-order valence-corrected chi connectivity index (χ4v) is 1.93. The highest BCUT2D eigenvalue weighted by atomic mass is 16.1. The molecule has 0 aliphatic heterocycles. The summed E-state index contributed by atoms with van der Waals surface area (Å²) in [6.45, 7) is 3.93. The van der Waals surface area contributed by atoms with Gasteiger partial charge in [-0.1, -0.05) is 29.8 Å². The number of hydrogen-bond acceptors (Lipinski definition) is 2. The second-order valence-corrected chi connectivity index (χ2v) is 4.73. The van der Waals surface area contributed by atoms with Gasteiger partial charge in [-0.15, -0.1) is 0 Å². The lowest BCUT2D eigenvalue weighted by Gasteiger charge is -2.14. The number of carbonyl (C=O) groups is 1. The van der Waals surface area contributed by atoms with Gasteiger partial charge in [0, 0.05) is 11.3 Å². The van der Waals surface area contributed by atoms with Crippen molar-refractivity contribution in [3.63, 3.8) is 0 Å². The summed E-state index contributed by atoms with van der Waals surface area (Å²) in [5.74, 6) is -0.0620. The monoisotopic (exact) mass is 254 g/mol. The molecule has 0 aliphatic rings. The first-order chi connectivity index (χ1) is 9.06. The van der Waals surface area contributed by atoms with E-state index in [1.807, 2.05) is 62.4 Å². The predicted molar refractivity (Wildman–Crippen MR) is 77.9 cm³/mol. The number of rotatable bonds is 3. The molecule has 3 heteroatoms. The van der Waals surface area contributed by atoms with Gasteiger partial charge in [0.1, 0.15) is 0 Å². The van der Waals surface area contributed by atoms with Gasteiger partial charge in [0.2, 0.25) is 0 Å². The highest BCUT2D eigenvalue weighted by Gasteiger charge is 2.11. The Morgan fingerprint density at radius 3 is 2.47 bits per heavy atom. The van der Waals surface area contributed by atoms with Gasteiger partial charge in [-0.2, -0.15) is 0 Å². The third-order valence-electron chi connectivity index (χ3n) is 3.06. The molecule has 0 heterocycles. The first-order valence-corrected chi connectivity index (χ1v) is 6.29. The van der Waals surface area contributed by atoms with Crippen LogP contribution in [-0.4, -0.2) is 5.91 Å². The number of nitrogens with one attached hydrogen (secondary N) is 1. The van der Waals surface area contributed by atoms with Gasteiger partial charge in [-0.25, -0.2) is 0 Å². The molecule has 0 spiro atoms. The highest BCUT2D eigenvalue weighted by molar-refractivity contribution is 5.94. The number of nitrogens with two attached hydrogens (primary N) is 1. The number of amides is 1. The van der Waals surface area contributed by atoms with Crippen LogP contribution >= 0.6 is 0 Å². The lowest BCUT2D eigenvalue weighted by atomic mass is 10.1. The molecule has 0 bridgehead atoms. The summed E-state index contributed by atoms with van der Waals surface area (Å²) >= 11 is 0. The van der Waals surface area contributed by atoms with Crippen molar-refractivity contribution < 1.29 is 4.79 Å². The zero-order valence-corrected chi connectivity index (χ0v) is 11.2. The van der Waals surface area contributed by atoms with E-state index in [0.29, 0.717) is 5.56 Å². The molecule has 0 saturated carbocycles. The number of hydrogen-bond donors (Lipinski definition) is 2. The van der Waals surface area contributed by atoms with Gasteiger partial charge in [0.15, 0.2) is 0 Å². The van der Waals surface area contributed by atoms with Gasteiger partial charge in [0.05, 0.1) is 6.04 Å². The van der Waals surface area contributed by atoms with E-state index in [1.54, 1.807) is 0 Å². The summed E-state index contributed by atoms with van der Waals surface area (Å²) in [5, 5.41) is 2.98. The predicted octanol–water partition coefficient (Wildman–Crippen LogP) is 3.07. The molecule has 3 nitrogen and oxygen atoms in total. The van der Waals surface area contributed by atoms with Gasteiger partial charge in [0.25, 0.3) is 5.91 Å². The van der Waals surface area contributed by atoms with E-state index in [4.69, 9.17) is 5.73 Å². The number of anilines is 1. The van der Waals surface area contributed by atoms with Crippen molar-refractivity contribution in [3.05, 3.63) is 65.2 Å². The molecule has 0 aliphatic carbocycles. The molecule has 2 rings (SSSR count). The first-order valence-electron chi connectivity index (χ1n) is 6.29. The van der Waals surface area contributed by atoms with E-state index in [9.17, 15) is 4.79 Å². The van der Waals surface area contributed by atoms with Crippen LogP contribution in [0.3, 0.4) is 0 Å². The zero-order chi connectivity index (χ0) is 13.8. The van der Waals surface area contributed by atoms with Crippen LogP contribution in [0.1, 0.15) is 34.5 Å². The average molecular weight is 254 g/mol. The number of nitrogen functional groups attached to an aromatic ring is 1. The minimum atomic E-state index is -0.0620. The normalized spacial score (nSPS) is 11.9. The molecular formula is C16H18N2O. The molecule has 98 valence electrons. The molecular weight excluding hydrogens is 236 g/mol. The Hall–Kier alpha value is -2.29. The van der Waals surface area contributed by atoms with Crippen molar-refractivity contribution in [1.29, 1.82) is 0 Å². The molecule has 19 heavy (non-hydrogen) atoms.